The number of hydrogen-bond acceptors (Lipinski definition) is 4. The third-order valence-electron chi connectivity index (χ3n) is 1.35. The van der Waals surface area contributed by atoms with E-state index in [4.69, 9.17) is 10.9 Å². The summed E-state index contributed by atoms with van der Waals surface area (Å²) in [7, 11) is 0. The topological polar surface area (TPSA) is 84.4 Å². The average Bonchev–Trinajstić information content (AvgIpc) is 2.04. The Bertz CT molecular complexity index is 297. The zero-order chi connectivity index (χ0) is 8.97. The molecule has 5 heteroatoms. The minimum Gasteiger partial charge on any atom is -0.409 e. The van der Waals surface area contributed by atoms with Crippen molar-refractivity contribution >= 4 is 5.84 Å². The molecular formula is C7H10N4O. The van der Waals surface area contributed by atoms with Crippen LogP contribution in [0.5, 0.6) is 0 Å². The lowest BCUT2D eigenvalue weighted by Crippen LogP contribution is -2.15. The summed E-state index contributed by atoms with van der Waals surface area (Å²) in [4.78, 5) is 7.86. The summed E-state index contributed by atoms with van der Waals surface area (Å²) in [6.45, 7) is 1.86. The fraction of sp³-hybridized carbons (Fsp3) is 0.286. The summed E-state index contributed by atoms with van der Waals surface area (Å²) < 4.78 is 0. The van der Waals surface area contributed by atoms with Crippen molar-refractivity contribution in [1.29, 1.82) is 0 Å². The van der Waals surface area contributed by atoms with Crippen LogP contribution in [0.3, 0.4) is 0 Å². The van der Waals surface area contributed by atoms with Gasteiger partial charge in [-0.05, 0) is 13.0 Å². The van der Waals surface area contributed by atoms with Gasteiger partial charge in [0.05, 0.1) is 12.1 Å². The molecule has 1 rings (SSSR count). The van der Waals surface area contributed by atoms with E-state index in [2.05, 4.69) is 15.1 Å². The maximum Gasteiger partial charge on any atom is 0.145 e. The highest BCUT2D eigenvalue weighted by Crippen LogP contribution is 1.96. The molecule has 0 fully saturated rings. The zero-order valence-corrected chi connectivity index (χ0v) is 6.73. The second-order valence-electron chi connectivity index (χ2n) is 2.42. The van der Waals surface area contributed by atoms with E-state index in [1.807, 2.05) is 6.92 Å². The van der Waals surface area contributed by atoms with Crippen LogP contribution in [0.2, 0.25) is 0 Å². The molecule has 3 N–H and O–H groups in total. The van der Waals surface area contributed by atoms with Gasteiger partial charge in [0, 0.05) is 5.69 Å². The highest BCUT2D eigenvalue weighted by molar-refractivity contribution is 5.81. The van der Waals surface area contributed by atoms with Crippen LogP contribution < -0.4 is 5.73 Å². The molecule has 0 aromatic carbocycles. The van der Waals surface area contributed by atoms with Crippen LogP contribution in [-0.2, 0) is 6.42 Å². The normalized spacial score (nSPS) is 11.6. The van der Waals surface area contributed by atoms with E-state index >= 15 is 0 Å². The lowest BCUT2D eigenvalue weighted by molar-refractivity contribution is 0.317. The van der Waals surface area contributed by atoms with Crippen LogP contribution in [0, 0.1) is 6.92 Å². The van der Waals surface area contributed by atoms with E-state index < -0.39 is 0 Å². The van der Waals surface area contributed by atoms with Crippen LogP contribution >= 0.6 is 0 Å². The average molecular weight is 166 g/mol. The minimum absolute atomic E-state index is 0.146. The number of oxime groups is 1. The summed E-state index contributed by atoms with van der Waals surface area (Å²) in [5, 5.41) is 11.1. The number of aryl methyl sites for hydroxylation is 1. The van der Waals surface area contributed by atoms with Gasteiger partial charge in [-0.25, -0.2) is 9.97 Å². The molecule has 0 atom stereocenters. The minimum atomic E-state index is 0.146. The van der Waals surface area contributed by atoms with Crippen LogP contribution in [0.15, 0.2) is 17.5 Å². The van der Waals surface area contributed by atoms with Gasteiger partial charge >= 0.3 is 0 Å². The van der Waals surface area contributed by atoms with Gasteiger partial charge in [0.25, 0.3) is 0 Å². The van der Waals surface area contributed by atoms with E-state index in [0.717, 1.165) is 11.4 Å². The smallest absolute Gasteiger partial charge is 0.145 e. The summed E-state index contributed by atoms with van der Waals surface area (Å²) in [6.07, 6.45) is 1.80. The molecule has 0 unspecified atom stereocenters. The fourth-order valence-electron chi connectivity index (χ4n) is 0.827. The Balaban J connectivity index is 2.76. The summed E-state index contributed by atoms with van der Waals surface area (Å²) >= 11 is 0. The largest absolute Gasteiger partial charge is 0.409 e. The van der Waals surface area contributed by atoms with Crippen molar-refractivity contribution in [3.05, 3.63) is 23.8 Å². The number of rotatable bonds is 2. The molecule has 0 amide bonds. The van der Waals surface area contributed by atoms with Gasteiger partial charge in [-0.2, -0.15) is 0 Å². The molecule has 0 aliphatic carbocycles. The van der Waals surface area contributed by atoms with Gasteiger partial charge in [-0.3, -0.25) is 0 Å². The highest BCUT2D eigenvalue weighted by atomic mass is 16.4. The molecule has 0 saturated heterocycles. The molecule has 1 aromatic rings. The lowest BCUT2D eigenvalue weighted by Gasteiger charge is -1.98. The van der Waals surface area contributed by atoms with Crippen molar-refractivity contribution in [1.82, 2.24) is 9.97 Å². The van der Waals surface area contributed by atoms with Crippen molar-refractivity contribution in [2.45, 2.75) is 13.3 Å². The van der Waals surface area contributed by atoms with Gasteiger partial charge in [0.2, 0.25) is 0 Å². The molecule has 0 bridgehead atoms. The first kappa shape index (κ1) is 8.45. The molecule has 5 nitrogen and oxygen atoms in total. The Hall–Kier alpha value is -1.65. The van der Waals surface area contributed by atoms with Crippen LogP contribution in [0.4, 0.5) is 0 Å². The maximum absolute atomic E-state index is 8.28. The van der Waals surface area contributed by atoms with E-state index in [1.54, 1.807) is 6.07 Å². The van der Waals surface area contributed by atoms with Crippen molar-refractivity contribution in [3.8, 4) is 0 Å². The maximum atomic E-state index is 8.28. The molecule has 12 heavy (non-hydrogen) atoms. The van der Waals surface area contributed by atoms with E-state index in [-0.39, 0.29) is 5.84 Å². The van der Waals surface area contributed by atoms with E-state index in [0.29, 0.717) is 6.42 Å². The molecule has 0 aliphatic heterocycles. The summed E-state index contributed by atoms with van der Waals surface area (Å²) in [5.41, 5.74) is 6.91. The number of hydrogen-bond donors (Lipinski definition) is 2. The molecule has 1 aromatic heterocycles. The standard InChI is InChI=1S/C7H10N4O/c1-5-2-6(10-4-9-5)3-7(8)11-12/h2,4,12H,3H2,1H3,(H2,8,11). The molecule has 64 valence electrons. The van der Waals surface area contributed by atoms with E-state index in [9.17, 15) is 0 Å². The van der Waals surface area contributed by atoms with Crippen LogP contribution in [0.1, 0.15) is 11.4 Å². The van der Waals surface area contributed by atoms with Gasteiger partial charge in [0.15, 0.2) is 0 Å². The van der Waals surface area contributed by atoms with Crippen molar-refractivity contribution in [2.24, 2.45) is 10.9 Å². The molecular weight excluding hydrogens is 156 g/mol. The Morgan fingerprint density at radius 1 is 1.67 bits per heavy atom. The Morgan fingerprint density at radius 3 is 3.00 bits per heavy atom. The Morgan fingerprint density at radius 2 is 2.42 bits per heavy atom. The van der Waals surface area contributed by atoms with Crippen molar-refractivity contribution in [2.75, 3.05) is 0 Å². The fourth-order valence-corrected chi connectivity index (χ4v) is 0.827. The monoisotopic (exact) mass is 166 g/mol. The number of nitrogens with two attached hydrogens (primary N) is 1. The van der Waals surface area contributed by atoms with Gasteiger partial charge in [-0.15, -0.1) is 0 Å². The van der Waals surface area contributed by atoms with Crippen LogP contribution in [-0.4, -0.2) is 21.0 Å². The summed E-state index contributed by atoms with van der Waals surface area (Å²) in [6, 6.07) is 1.79. The highest BCUT2D eigenvalue weighted by Gasteiger charge is 1.98. The zero-order valence-electron chi connectivity index (χ0n) is 6.73. The SMILES string of the molecule is Cc1cc(C/C(N)=N/O)ncn1. The Labute approximate surface area is 69.9 Å². The van der Waals surface area contributed by atoms with Crippen molar-refractivity contribution in [3.63, 3.8) is 0 Å². The molecule has 0 radical (unpaired) electrons. The number of nitrogens with zero attached hydrogens (tertiary/aromatic N) is 3. The second-order valence-corrected chi connectivity index (χ2v) is 2.42. The van der Waals surface area contributed by atoms with Gasteiger partial charge < -0.3 is 10.9 Å². The third kappa shape index (κ3) is 2.19. The Kier molecular flexibility index (Phi) is 2.57. The van der Waals surface area contributed by atoms with Gasteiger partial charge in [-0.1, -0.05) is 5.16 Å². The first-order chi connectivity index (χ1) is 5.72. The van der Waals surface area contributed by atoms with Crippen LogP contribution in [0.25, 0.3) is 0 Å². The molecule has 0 saturated carbocycles. The third-order valence-corrected chi connectivity index (χ3v) is 1.35. The molecule has 0 aliphatic rings. The molecule has 1 heterocycles. The first-order valence-corrected chi connectivity index (χ1v) is 3.46. The lowest BCUT2D eigenvalue weighted by atomic mass is 10.2. The quantitative estimate of drug-likeness (QED) is 0.282. The summed E-state index contributed by atoms with van der Waals surface area (Å²) in [5.74, 6) is 0.146. The van der Waals surface area contributed by atoms with Gasteiger partial charge in [0.1, 0.15) is 12.2 Å². The predicted octanol–water partition coefficient (Wildman–Crippen LogP) is 0.0739. The number of amidine groups is 1. The number of aromatic nitrogens is 2. The first-order valence-electron chi connectivity index (χ1n) is 3.46. The second kappa shape index (κ2) is 3.66. The molecule has 0 spiro atoms. The van der Waals surface area contributed by atoms with Crippen molar-refractivity contribution < 1.29 is 5.21 Å². The predicted molar refractivity (Wildman–Crippen MR) is 43.9 cm³/mol. The van der Waals surface area contributed by atoms with E-state index in [1.165, 1.54) is 6.33 Å².